The fourth-order valence-corrected chi connectivity index (χ4v) is 2.39. The number of aromatic amines is 1. The van der Waals surface area contributed by atoms with Crippen molar-refractivity contribution in [3.05, 3.63) is 35.0 Å². The topological polar surface area (TPSA) is 71.2 Å². The molecule has 1 aliphatic rings. The summed E-state index contributed by atoms with van der Waals surface area (Å²) in [6.07, 6.45) is 0.746. The second kappa shape index (κ2) is 3.87. The maximum Gasteiger partial charge on any atom is 0.339 e. The molecule has 2 aromatic rings. The van der Waals surface area contributed by atoms with Gasteiger partial charge in [0.1, 0.15) is 0 Å². The molecule has 0 unspecified atom stereocenters. The fraction of sp³-hybridized carbons (Fsp3) is 0.231. The Hall–Kier alpha value is -2.30. The molecule has 0 aliphatic carbocycles. The third kappa shape index (κ3) is 1.40. The van der Waals surface area contributed by atoms with Gasteiger partial charge in [0.15, 0.2) is 0 Å². The molecule has 0 saturated heterocycles. The highest BCUT2D eigenvalue weighted by Gasteiger charge is 2.24. The number of esters is 1. The van der Waals surface area contributed by atoms with Crippen molar-refractivity contribution in [3.8, 4) is 0 Å². The third-order valence-corrected chi connectivity index (χ3v) is 3.20. The lowest BCUT2D eigenvalue weighted by Gasteiger charge is -2.11. The van der Waals surface area contributed by atoms with E-state index in [9.17, 15) is 9.59 Å². The summed E-state index contributed by atoms with van der Waals surface area (Å²) in [5.41, 5.74) is 2.65. The Bertz CT molecular complexity index is 658. The van der Waals surface area contributed by atoms with Gasteiger partial charge in [-0.25, -0.2) is 4.79 Å². The minimum absolute atomic E-state index is 0.0930. The van der Waals surface area contributed by atoms with Crippen LogP contribution in [0, 0.1) is 0 Å². The van der Waals surface area contributed by atoms with Crippen molar-refractivity contribution in [1.82, 2.24) is 10.3 Å². The van der Waals surface area contributed by atoms with Gasteiger partial charge < -0.3 is 15.0 Å². The quantitative estimate of drug-likeness (QED) is 0.741. The number of rotatable bonds is 1. The first-order valence-corrected chi connectivity index (χ1v) is 5.72. The molecule has 0 spiro atoms. The molecule has 5 nitrogen and oxygen atoms in total. The molecule has 1 aromatic heterocycles. The molecule has 2 heterocycles. The zero-order valence-electron chi connectivity index (χ0n) is 9.87. The predicted molar refractivity (Wildman–Crippen MR) is 65.7 cm³/mol. The summed E-state index contributed by atoms with van der Waals surface area (Å²) < 4.78 is 4.74. The van der Waals surface area contributed by atoms with Crippen molar-refractivity contribution in [3.63, 3.8) is 0 Å². The zero-order chi connectivity index (χ0) is 12.7. The van der Waals surface area contributed by atoms with Crippen molar-refractivity contribution in [2.75, 3.05) is 13.7 Å². The first-order valence-electron chi connectivity index (χ1n) is 5.72. The molecular formula is C13H12N2O3. The van der Waals surface area contributed by atoms with Crippen LogP contribution in [-0.4, -0.2) is 30.5 Å². The summed E-state index contributed by atoms with van der Waals surface area (Å²) in [7, 11) is 1.34. The summed E-state index contributed by atoms with van der Waals surface area (Å²) in [6, 6.07) is 5.28. The fourth-order valence-electron chi connectivity index (χ4n) is 2.39. The Morgan fingerprint density at radius 2 is 2.22 bits per heavy atom. The summed E-state index contributed by atoms with van der Waals surface area (Å²) >= 11 is 0. The van der Waals surface area contributed by atoms with Crippen LogP contribution in [0.1, 0.15) is 26.4 Å². The Morgan fingerprint density at radius 3 is 3.00 bits per heavy atom. The maximum atomic E-state index is 11.9. The van der Waals surface area contributed by atoms with Gasteiger partial charge in [-0.1, -0.05) is 12.1 Å². The van der Waals surface area contributed by atoms with Crippen molar-refractivity contribution < 1.29 is 14.3 Å². The number of methoxy groups -OCH3 is 1. The second-order valence-corrected chi connectivity index (χ2v) is 4.20. The lowest BCUT2D eigenvalue weighted by Crippen LogP contribution is -2.31. The molecule has 1 aromatic carbocycles. The first-order chi connectivity index (χ1) is 8.72. The SMILES string of the molecule is COC(=O)c1cccc2c3c([nH]c12)CCNC3=O. The van der Waals surface area contributed by atoms with E-state index in [-0.39, 0.29) is 5.91 Å². The van der Waals surface area contributed by atoms with Crippen LogP contribution in [0.4, 0.5) is 0 Å². The molecule has 0 atom stereocenters. The van der Waals surface area contributed by atoms with Gasteiger partial charge in [0.2, 0.25) is 0 Å². The molecule has 1 aliphatic heterocycles. The predicted octanol–water partition coefficient (Wildman–Crippen LogP) is 1.24. The highest BCUT2D eigenvalue weighted by atomic mass is 16.5. The van der Waals surface area contributed by atoms with Gasteiger partial charge in [0.25, 0.3) is 5.91 Å². The van der Waals surface area contributed by atoms with Crippen LogP contribution >= 0.6 is 0 Å². The van der Waals surface area contributed by atoms with Crippen molar-refractivity contribution in [2.24, 2.45) is 0 Å². The highest BCUT2D eigenvalue weighted by Crippen LogP contribution is 2.27. The summed E-state index contributed by atoms with van der Waals surface area (Å²) in [4.78, 5) is 26.7. The monoisotopic (exact) mass is 244 g/mol. The largest absolute Gasteiger partial charge is 0.465 e. The average Bonchev–Trinajstić information content (AvgIpc) is 2.77. The van der Waals surface area contributed by atoms with E-state index in [0.717, 1.165) is 17.5 Å². The summed E-state index contributed by atoms with van der Waals surface area (Å²) in [5, 5.41) is 3.57. The van der Waals surface area contributed by atoms with Gasteiger partial charge in [0.05, 0.1) is 23.8 Å². The van der Waals surface area contributed by atoms with Crippen LogP contribution in [0.15, 0.2) is 18.2 Å². The Kier molecular flexibility index (Phi) is 2.33. The summed E-state index contributed by atoms with van der Waals surface area (Å²) in [6.45, 7) is 0.617. The minimum Gasteiger partial charge on any atom is -0.465 e. The Balaban J connectivity index is 2.31. The van der Waals surface area contributed by atoms with Gasteiger partial charge >= 0.3 is 5.97 Å². The normalized spacial score (nSPS) is 14.2. The van der Waals surface area contributed by atoms with Crippen LogP contribution in [0.5, 0.6) is 0 Å². The number of fused-ring (bicyclic) bond motifs is 3. The van der Waals surface area contributed by atoms with E-state index in [1.165, 1.54) is 7.11 Å². The molecule has 2 N–H and O–H groups in total. The van der Waals surface area contributed by atoms with Crippen LogP contribution in [0.3, 0.4) is 0 Å². The highest BCUT2D eigenvalue weighted by molar-refractivity contribution is 6.13. The molecule has 0 radical (unpaired) electrons. The number of hydrogen-bond acceptors (Lipinski definition) is 3. The molecular weight excluding hydrogens is 232 g/mol. The van der Waals surface area contributed by atoms with Gasteiger partial charge in [-0.2, -0.15) is 0 Å². The van der Waals surface area contributed by atoms with Crippen LogP contribution in [0.25, 0.3) is 10.9 Å². The summed E-state index contributed by atoms with van der Waals surface area (Å²) in [5.74, 6) is -0.496. The Labute approximate surface area is 103 Å². The smallest absolute Gasteiger partial charge is 0.339 e. The van der Waals surface area contributed by atoms with E-state index in [4.69, 9.17) is 4.74 Å². The molecule has 3 rings (SSSR count). The lowest BCUT2D eigenvalue weighted by atomic mass is 10.0. The number of amides is 1. The van der Waals surface area contributed by atoms with E-state index in [0.29, 0.717) is 23.2 Å². The minimum atomic E-state index is -0.403. The number of carbonyl (C=O) groups is 2. The van der Waals surface area contributed by atoms with E-state index in [1.54, 1.807) is 12.1 Å². The van der Waals surface area contributed by atoms with Gasteiger partial charge in [0, 0.05) is 24.0 Å². The van der Waals surface area contributed by atoms with E-state index in [1.807, 2.05) is 6.07 Å². The standard InChI is InChI=1S/C13H12N2O3/c1-18-13(17)8-4-2-3-7-10-9(15-11(7)8)5-6-14-12(10)16/h2-4,15H,5-6H2,1H3,(H,14,16). The number of benzene rings is 1. The second-order valence-electron chi connectivity index (χ2n) is 4.20. The van der Waals surface area contributed by atoms with E-state index < -0.39 is 5.97 Å². The Morgan fingerprint density at radius 1 is 1.39 bits per heavy atom. The number of aromatic nitrogens is 1. The lowest BCUT2D eigenvalue weighted by molar-refractivity contribution is 0.0602. The molecule has 92 valence electrons. The number of H-pyrrole nitrogens is 1. The first kappa shape index (κ1) is 10.8. The average molecular weight is 244 g/mol. The molecule has 1 amide bonds. The molecule has 0 saturated carbocycles. The molecule has 5 heteroatoms. The van der Waals surface area contributed by atoms with Crippen molar-refractivity contribution in [1.29, 1.82) is 0 Å². The molecule has 0 fully saturated rings. The van der Waals surface area contributed by atoms with Gasteiger partial charge in [-0.15, -0.1) is 0 Å². The number of hydrogen-bond donors (Lipinski definition) is 2. The zero-order valence-corrected chi connectivity index (χ0v) is 9.87. The van der Waals surface area contributed by atoms with Crippen LogP contribution < -0.4 is 5.32 Å². The van der Waals surface area contributed by atoms with Crippen LogP contribution in [0.2, 0.25) is 0 Å². The van der Waals surface area contributed by atoms with E-state index in [2.05, 4.69) is 10.3 Å². The van der Waals surface area contributed by atoms with Crippen molar-refractivity contribution >= 4 is 22.8 Å². The van der Waals surface area contributed by atoms with E-state index >= 15 is 0 Å². The maximum absolute atomic E-state index is 11.9. The number of carbonyl (C=O) groups excluding carboxylic acids is 2. The number of ether oxygens (including phenoxy) is 1. The third-order valence-electron chi connectivity index (χ3n) is 3.20. The number of para-hydroxylation sites is 1. The molecule has 0 bridgehead atoms. The van der Waals surface area contributed by atoms with Crippen LogP contribution in [-0.2, 0) is 11.2 Å². The van der Waals surface area contributed by atoms with Crippen molar-refractivity contribution in [2.45, 2.75) is 6.42 Å². The molecule has 18 heavy (non-hydrogen) atoms. The van der Waals surface area contributed by atoms with Gasteiger partial charge in [-0.3, -0.25) is 4.79 Å². The number of nitrogens with one attached hydrogen (secondary N) is 2. The van der Waals surface area contributed by atoms with Gasteiger partial charge in [-0.05, 0) is 6.07 Å².